The molecule has 0 spiro atoms. The Kier molecular flexibility index (Phi) is 6.50. The molecule has 0 aliphatic carbocycles. The van der Waals surface area contributed by atoms with Crippen molar-refractivity contribution in [2.24, 2.45) is 0 Å². The number of esters is 1. The standard InChI is InChI=1S/C18H17N3O4S2/c1-24-17(22)14-11-27-16(21-14)13-10-26-15(20-13)7-8-19-18(23)25-9-12-5-3-2-4-6-12/h2-6,10-11H,7-9H2,1H3,(H,19,23). The molecule has 0 saturated carbocycles. The zero-order valence-electron chi connectivity index (χ0n) is 14.5. The minimum atomic E-state index is -0.467. The minimum Gasteiger partial charge on any atom is -0.464 e. The average molecular weight is 403 g/mol. The van der Waals surface area contributed by atoms with E-state index in [4.69, 9.17) is 4.74 Å². The molecule has 7 nitrogen and oxygen atoms in total. The molecule has 0 atom stereocenters. The van der Waals surface area contributed by atoms with Gasteiger partial charge < -0.3 is 14.8 Å². The Morgan fingerprint density at radius 2 is 1.93 bits per heavy atom. The summed E-state index contributed by atoms with van der Waals surface area (Å²) in [5.74, 6) is -0.467. The largest absolute Gasteiger partial charge is 0.464 e. The minimum absolute atomic E-state index is 0.237. The van der Waals surface area contributed by atoms with Gasteiger partial charge in [0.05, 0.1) is 12.1 Å². The summed E-state index contributed by atoms with van der Waals surface area (Å²) in [4.78, 5) is 31.9. The van der Waals surface area contributed by atoms with Gasteiger partial charge in [-0.2, -0.15) is 0 Å². The van der Waals surface area contributed by atoms with Crippen molar-refractivity contribution in [3.05, 3.63) is 57.4 Å². The van der Waals surface area contributed by atoms with Gasteiger partial charge in [0.15, 0.2) is 5.69 Å². The van der Waals surface area contributed by atoms with Crippen LogP contribution in [0.3, 0.4) is 0 Å². The molecule has 1 aromatic carbocycles. The lowest BCUT2D eigenvalue weighted by atomic mass is 10.2. The van der Waals surface area contributed by atoms with Crippen molar-refractivity contribution in [2.75, 3.05) is 13.7 Å². The van der Waals surface area contributed by atoms with E-state index in [1.165, 1.54) is 29.8 Å². The van der Waals surface area contributed by atoms with E-state index in [1.807, 2.05) is 35.7 Å². The number of hydrogen-bond acceptors (Lipinski definition) is 8. The number of ether oxygens (including phenoxy) is 2. The quantitative estimate of drug-likeness (QED) is 0.607. The summed E-state index contributed by atoms with van der Waals surface area (Å²) >= 11 is 2.81. The second-order valence-corrected chi connectivity index (χ2v) is 7.20. The number of rotatable bonds is 7. The molecule has 0 saturated heterocycles. The van der Waals surface area contributed by atoms with E-state index in [9.17, 15) is 9.59 Å². The van der Waals surface area contributed by atoms with Gasteiger partial charge in [-0.05, 0) is 5.56 Å². The van der Waals surface area contributed by atoms with Gasteiger partial charge in [-0.15, -0.1) is 22.7 Å². The van der Waals surface area contributed by atoms with Crippen LogP contribution in [0.1, 0.15) is 21.1 Å². The van der Waals surface area contributed by atoms with Gasteiger partial charge in [0.2, 0.25) is 0 Å². The average Bonchev–Trinajstić information content (AvgIpc) is 3.36. The SMILES string of the molecule is COC(=O)c1csc(-c2csc(CCNC(=O)OCc3ccccc3)n2)n1. The van der Waals surface area contributed by atoms with Crippen LogP contribution < -0.4 is 5.32 Å². The number of alkyl carbamates (subject to hydrolysis) is 1. The molecule has 27 heavy (non-hydrogen) atoms. The van der Waals surface area contributed by atoms with Crippen LogP contribution in [0.4, 0.5) is 4.79 Å². The van der Waals surface area contributed by atoms with Gasteiger partial charge in [-0.3, -0.25) is 0 Å². The summed E-state index contributed by atoms with van der Waals surface area (Å²) in [6.07, 6.45) is 0.124. The molecular formula is C18H17N3O4S2. The van der Waals surface area contributed by atoms with Crippen molar-refractivity contribution >= 4 is 34.7 Å². The Hall–Kier alpha value is -2.78. The summed E-state index contributed by atoms with van der Waals surface area (Å²) in [6, 6.07) is 9.50. The topological polar surface area (TPSA) is 90.4 Å². The van der Waals surface area contributed by atoms with Crippen LogP contribution in [-0.4, -0.2) is 35.7 Å². The Labute approximate surface area is 164 Å². The highest BCUT2D eigenvalue weighted by atomic mass is 32.1. The number of methoxy groups -OCH3 is 1. The Morgan fingerprint density at radius 1 is 1.11 bits per heavy atom. The third-order valence-corrected chi connectivity index (χ3v) is 5.26. The van der Waals surface area contributed by atoms with E-state index >= 15 is 0 Å². The van der Waals surface area contributed by atoms with Crippen molar-refractivity contribution in [2.45, 2.75) is 13.0 Å². The van der Waals surface area contributed by atoms with Gasteiger partial charge >= 0.3 is 12.1 Å². The lowest BCUT2D eigenvalue weighted by Crippen LogP contribution is -2.26. The zero-order valence-corrected chi connectivity index (χ0v) is 16.1. The number of nitrogens with one attached hydrogen (secondary N) is 1. The molecule has 1 N–H and O–H groups in total. The molecule has 3 rings (SSSR count). The van der Waals surface area contributed by atoms with E-state index in [1.54, 1.807) is 5.38 Å². The Balaban J connectivity index is 1.45. The van der Waals surface area contributed by atoms with Gasteiger partial charge in [0, 0.05) is 23.7 Å². The molecule has 0 aliphatic heterocycles. The van der Waals surface area contributed by atoms with E-state index in [0.717, 1.165) is 10.6 Å². The number of carbonyl (C=O) groups is 2. The van der Waals surface area contributed by atoms with E-state index in [0.29, 0.717) is 23.7 Å². The van der Waals surface area contributed by atoms with Crippen LogP contribution in [0.5, 0.6) is 0 Å². The number of carbonyl (C=O) groups excluding carboxylic acids is 2. The van der Waals surface area contributed by atoms with Gasteiger partial charge in [0.25, 0.3) is 0 Å². The molecule has 2 heterocycles. The van der Waals surface area contributed by atoms with Crippen LogP contribution >= 0.6 is 22.7 Å². The molecule has 0 bridgehead atoms. The predicted octanol–water partition coefficient (Wildman–Crippen LogP) is 3.52. The number of nitrogens with zero attached hydrogens (tertiary/aromatic N) is 2. The van der Waals surface area contributed by atoms with Gasteiger partial charge in [-0.25, -0.2) is 19.6 Å². The maximum Gasteiger partial charge on any atom is 0.407 e. The normalized spacial score (nSPS) is 10.4. The Morgan fingerprint density at radius 3 is 2.70 bits per heavy atom. The molecule has 1 amide bonds. The first-order chi connectivity index (χ1) is 13.2. The third kappa shape index (κ3) is 5.35. The summed E-state index contributed by atoms with van der Waals surface area (Å²) in [5, 5.41) is 7.75. The number of aromatic nitrogens is 2. The van der Waals surface area contributed by atoms with Crippen LogP contribution in [0.2, 0.25) is 0 Å². The molecule has 9 heteroatoms. The highest BCUT2D eigenvalue weighted by Gasteiger charge is 2.14. The fourth-order valence-corrected chi connectivity index (χ4v) is 3.77. The highest BCUT2D eigenvalue weighted by molar-refractivity contribution is 7.14. The highest BCUT2D eigenvalue weighted by Crippen LogP contribution is 2.25. The predicted molar refractivity (Wildman–Crippen MR) is 103 cm³/mol. The van der Waals surface area contributed by atoms with Crippen molar-refractivity contribution in [1.29, 1.82) is 0 Å². The first-order valence-electron chi connectivity index (χ1n) is 8.09. The first kappa shape index (κ1) is 19.0. The zero-order chi connectivity index (χ0) is 19.1. The summed E-state index contributed by atoms with van der Waals surface area (Å²) in [7, 11) is 1.32. The molecule has 140 valence electrons. The first-order valence-corrected chi connectivity index (χ1v) is 9.85. The lowest BCUT2D eigenvalue weighted by Gasteiger charge is -2.06. The number of benzene rings is 1. The number of amides is 1. The third-order valence-electron chi connectivity index (χ3n) is 3.49. The van der Waals surface area contributed by atoms with Crippen LogP contribution in [-0.2, 0) is 22.5 Å². The van der Waals surface area contributed by atoms with E-state index in [2.05, 4.69) is 20.0 Å². The van der Waals surface area contributed by atoms with Gasteiger partial charge in [-0.1, -0.05) is 30.3 Å². The molecule has 3 aromatic rings. The van der Waals surface area contributed by atoms with Crippen LogP contribution in [0.25, 0.3) is 10.7 Å². The fraction of sp³-hybridized carbons (Fsp3) is 0.222. The second kappa shape index (κ2) is 9.24. The molecule has 0 radical (unpaired) electrons. The fourth-order valence-electron chi connectivity index (χ4n) is 2.16. The molecular weight excluding hydrogens is 386 g/mol. The molecule has 0 aliphatic rings. The van der Waals surface area contributed by atoms with Crippen LogP contribution in [0, 0.1) is 0 Å². The van der Waals surface area contributed by atoms with Crippen molar-refractivity contribution in [3.8, 4) is 10.7 Å². The summed E-state index contributed by atoms with van der Waals surface area (Å²) < 4.78 is 9.81. The maximum atomic E-state index is 11.7. The van der Waals surface area contributed by atoms with Crippen molar-refractivity contribution in [3.63, 3.8) is 0 Å². The summed E-state index contributed by atoms with van der Waals surface area (Å²) in [5.41, 5.74) is 1.92. The van der Waals surface area contributed by atoms with Crippen LogP contribution in [0.15, 0.2) is 41.1 Å². The molecule has 2 aromatic heterocycles. The van der Waals surface area contributed by atoms with E-state index in [-0.39, 0.29) is 12.3 Å². The number of hydrogen-bond donors (Lipinski definition) is 1. The second-order valence-electron chi connectivity index (χ2n) is 5.39. The van der Waals surface area contributed by atoms with Crippen molar-refractivity contribution < 1.29 is 19.1 Å². The Bertz CT molecular complexity index is 908. The van der Waals surface area contributed by atoms with E-state index < -0.39 is 12.1 Å². The maximum absolute atomic E-state index is 11.7. The molecule has 0 fully saturated rings. The monoisotopic (exact) mass is 403 g/mol. The smallest absolute Gasteiger partial charge is 0.407 e. The number of thiazole rings is 2. The lowest BCUT2D eigenvalue weighted by molar-refractivity contribution is 0.0595. The summed E-state index contributed by atoms with van der Waals surface area (Å²) in [6.45, 7) is 0.659. The molecule has 0 unspecified atom stereocenters. The van der Waals surface area contributed by atoms with Crippen molar-refractivity contribution in [1.82, 2.24) is 15.3 Å². The van der Waals surface area contributed by atoms with Gasteiger partial charge in [0.1, 0.15) is 17.3 Å².